The Bertz CT molecular complexity index is 589. The molecule has 1 aromatic rings. The third kappa shape index (κ3) is 7.72. The van der Waals surface area contributed by atoms with Gasteiger partial charge in [0.15, 0.2) is 6.61 Å². The summed E-state index contributed by atoms with van der Waals surface area (Å²) >= 11 is 0. The normalized spacial score (nSPS) is 11.4. The number of carbonyl (C=O) groups excluding carboxylic acids is 2. The molecular formula is C13H13F3LiNO5. The van der Waals surface area contributed by atoms with E-state index in [1.54, 1.807) is 0 Å². The minimum absolute atomic E-state index is 0. The third-order valence-electron chi connectivity index (χ3n) is 2.16. The van der Waals surface area contributed by atoms with E-state index in [-0.39, 0.29) is 36.8 Å². The number of ether oxygens (including phenoxy) is 2. The Balaban J connectivity index is 0.00000484. The number of carbonyl (C=O) groups is 2. The van der Waals surface area contributed by atoms with Gasteiger partial charge in [-0.2, -0.15) is 13.2 Å². The van der Waals surface area contributed by atoms with E-state index < -0.39 is 30.3 Å². The Morgan fingerprint density at radius 3 is 2.57 bits per heavy atom. The zero-order valence-electron chi connectivity index (χ0n) is 11.4. The van der Waals surface area contributed by atoms with E-state index in [1.165, 1.54) is 6.92 Å². The van der Waals surface area contributed by atoms with E-state index in [0.29, 0.717) is 6.08 Å². The van der Waals surface area contributed by atoms with Gasteiger partial charge in [-0.15, -0.1) is 0 Å². The molecule has 0 bridgehead atoms. The number of esters is 1. The van der Waals surface area contributed by atoms with Crippen LogP contribution in [0.4, 0.5) is 13.2 Å². The maximum atomic E-state index is 12.0. The Morgan fingerprint density at radius 2 is 2.00 bits per heavy atom. The van der Waals surface area contributed by atoms with Crippen molar-refractivity contribution in [1.82, 2.24) is 4.98 Å². The fraction of sp³-hybridized carbons (Fsp3) is 0.308. The molecule has 10 heteroatoms. The van der Waals surface area contributed by atoms with Crippen LogP contribution in [-0.4, -0.2) is 60.1 Å². The van der Waals surface area contributed by atoms with Gasteiger partial charge < -0.3 is 14.6 Å². The number of hydrogen-bond acceptors (Lipinski definition) is 6. The SMILES string of the molecule is CCOC(=O)C(=O)C=C(O)c1cncc(OCC(F)(F)F)c1.[LiH]. The van der Waals surface area contributed by atoms with Crippen LogP contribution < -0.4 is 4.74 Å². The van der Waals surface area contributed by atoms with Crippen LogP contribution >= 0.6 is 0 Å². The monoisotopic (exact) mass is 327 g/mol. The van der Waals surface area contributed by atoms with Crippen molar-refractivity contribution in [2.45, 2.75) is 13.1 Å². The quantitative estimate of drug-likeness (QED) is 0.279. The first-order chi connectivity index (χ1) is 10.2. The fourth-order valence-corrected chi connectivity index (χ4v) is 1.27. The van der Waals surface area contributed by atoms with Gasteiger partial charge >= 0.3 is 31.0 Å². The Labute approximate surface area is 141 Å². The summed E-state index contributed by atoms with van der Waals surface area (Å²) in [7, 11) is 0. The number of nitrogens with zero attached hydrogens (tertiary/aromatic N) is 1. The van der Waals surface area contributed by atoms with Crippen LogP contribution in [0.15, 0.2) is 24.5 Å². The molecular weight excluding hydrogens is 314 g/mol. The summed E-state index contributed by atoms with van der Waals surface area (Å²) in [6, 6.07) is 1.04. The molecule has 0 aliphatic heterocycles. The average molecular weight is 327 g/mol. The van der Waals surface area contributed by atoms with E-state index >= 15 is 0 Å². The van der Waals surface area contributed by atoms with Gasteiger partial charge in [-0.25, -0.2) is 4.79 Å². The first-order valence-corrected chi connectivity index (χ1v) is 5.99. The predicted molar refractivity (Wildman–Crippen MR) is 75.2 cm³/mol. The van der Waals surface area contributed by atoms with Crippen molar-refractivity contribution in [1.29, 1.82) is 0 Å². The van der Waals surface area contributed by atoms with Crippen LogP contribution in [0.3, 0.4) is 0 Å². The number of aliphatic hydroxyl groups excluding tert-OH is 1. The third-order valence-corrected chi connectivity index (χ3v) is 2.16. The van der Waals surface area contributed by atoms with E-state index in [0.717, 1.165) is 18.5 Å². The molecule has 1 aromatic heterocycles. The summed E-state index contributed by atoms with van der Waals surface area (Å²) in [5.41, 5.74) is -0.0858. The van der Waals surface area contributed by atoms with Gasteiger partial charge in [0.1, 0.15) is 11.5 Å². The summed E-state index contributed by atoms with van der Waals surface area (Å²) < 4.78 is 45.0. The second-order valence-corrected chi connectivity index (χ2v) is 3.93. The van der Waals surface area contributed by atoms with Crippen LogP contribution in [0.1, 0.15) is 12.5 Å². The second-order valence-electron chi connectivity index (χ2n) is 3.93. The van der Waals surface area contributed by atoms with E-state index in [1.807, 2.05) is 0 Å². The number of rotatable bonds is 6. The van der Waals surface area contributed by atoms with Crippen molar-refractivity contribution < 1.29 is 37.3 Å². The Morgan fingerprint density at radius 1 is 1.35 bits per heavy atom. The minimum atomic E-state index is -4.52. The van der Waals surface area contributed by atoms with Crippen LogP contribution in [-0.2, 0) is 14.3 Å². The number of ketones is 1. The van der Waals surface area contributed by atoms with Gasteiger partial charge in [0.25, 0.3) is 5.78 Å². The van der Waals surface area contributed by atoms with Crippen molar-refractivity contribution >= 4 is 36.4 Å². The molecule has 0 aromatic carbocycles. The molecule has 0 spiro atoms. The average Bonchev–Trinajstić information content (AvgIpc) is 2.45. The summed E-state index contributed by atoms with van der Waals surface area (Å²) in [5, 5.41) is 9.68. The van der Waals surface area contributed by atoms with Gasteiger partial charge in [-0.1, -0.05) is 0 Å². The molecule has 23 heavy (non-hydrogen) atoms. The van der Waals surface area contributed by atoms with Crippen LogP contribution in [0.25, 0.3) is 5.76 Å². The number of hydrogen-bond donors (Lipinski definition) is 1. The van der Waals surface area contributed by atoms with Gasteiger partial charge in [0.2, 0.25) is 0 Å². The standard InChI is InChI=1S/C13H12F3NO5.Li.H/c1-2-21-12(20)11(19)4-10(18)8-3-9(6-17-5-8)22-7-13(14,15)16;;/h3-6,18H,2,7H2,1H3;;. The molecule has 0 atom stereocenters. The molecule has 122 valence electrons. The number of pyridine rings is 1. The van der Waals surface area contributed by atoms with Crippen molar-refractivity contribution in [3.8, 4) is 5.75 Å². The van der Waals surface area contributed by atoms with Crippen LogP contribution in [0.2, 0.25) is 0 Å². The van der Waals surface area contributed by atoms with Gasteiger partial charge in [-0.05, 0) is 13.0 Å². The zero-order valence-corrected chi connectivity index (χ0v) is 11.4. The number of aromatic nitrogens is 1. The molecule has 6 nitrogen and oxygen atoms in total. The molecule has 0 amide bonds. The molecule has 0 saturated carbocycles. The fourth-order valence-electron chi connectivity index (χ4n) is 1.27. The molecule has 0 fully saturated rings. The van der Waals surface area contributed by atoms with Crippen molar-refractivity contribution in [3.63, 3.8) is 0 Å². The summed E-state index contributed by atoms with van der Waals surface area (Å²) in [4.78, 5) is 26.0. The van der Waals surface area contributed by atoms with Crippen molar-refractivity contribution in [3.05, 3.63) is 30.1 Å². The molecule has 0 radical (unpaired) electrons. The summed E-state index contributed by atoms with van der Waals surface area (Å²) in [6.45, 7) is -0.0357. The molecule has 1 heterocycles. The number of aliphatic hydroxyl groups is 1. The van der Waals surface area contributed by atoms with Crippen LogP contribution in [0.5, 0.6) is 5.75 Å². The molecule has 0 saturated heterocycles. The first kappa shape index (κ1) is 21.0. The topological polar surface area (TPSA) is 85.7 Å². The van der Waals surface area contributed by atoms with Crippen molar-refractivity contribution in [2.24, 2.45) is 0 Å². The van der Waals surface area contributed by atoms with Crippen molar-refractivity contribution in [2.75, 3.05) is 13.2 Å². The van der Waals surface area contributed by atoms with E-state index in [9.17, 15) is 27.9 Å². The van der Waals surface area contributed by atoms with Gasteiger partial charge in [-0.3, -0.25) is 9.78 Å². The van der Waals surface area contributed by atoms with Crippen LogP contribution in [0, 0.1) is 0 Å². The molecule has 0 aliphatic rings. The second kappa shape index (κ2) is 9.22. The Hall–Kier alpha value is -1.98. The van der Waals surface area contributed by atoms with E-state index in [2.05, 4.69) is 14.5 Å². The predicted octanol–water partition coefficient (Wildman–Crippen LogP) is 1.41. The zero-order chi connectivity index (χ0) is 16.8. The summed E-state index contributed by atoms with van der Waals surface area (Å²) in [6.07, 6.45) is -1.84. The maximum absolute atomic E-state index is 12.0. The molecule has 0 aliphatic carbocycles. The molecule has 1 N–H and O–H groups in total. The van der Waals surface area contributed by atoms with Gasteiger partial charge in [0.05, 0.1) is 12.8 Å². The summed E-state index contributed by atoms with van der Waals surface area (Å²) in [5.74, 6) is -3.17. The first-order valence-electron chi connectivity index (χ1n) is 5.99. The molecule has 1 rings (SSSR count). The Kier molecular flexibility index (Phi) is 8.43. The van der Waals surface area contributed by atoms with Gasteiger partial charge in [0, 0.05) is 17.8 Å². The number of alkyl halides is 3. The van der Waals surface area contributed by atoms with E-state index in [4.69, 9.17) is 0 Å². The molecule has 0 unspecified atom stereocenters. The number of halogens is 3.